The molecule has 0 fully saturated rings. The minimum Gasteiger partial charge on any atom is -0.306 e. The number of anilines is 1. The zero-order valence-corrected chi connectivity index (χ0v) is 8.21. The molecule has 0 atom stereocenters. The number of hydrogen-bond donors (Lipinski definition) is 2. The van der Waals surface area contributed by atoms with Gasteiger partial charge in [-0.25, -0.2) is 10.6 Å². The Hall–Kier alpha value is -1.26. The van der Waals surface area contributed by atoms with Gasteiger partial charge >= 0.3 is 6.03 Å². The Balaban J connectivity index is 2.37. The molecule has 0 bridgehead atoms. The summed E-state index contributed by atoms with van der Waals surface area (Å²) in [7, 11) is 0. The molecule has 0 unspecified atom stereocenters. The fourth-order valence-corrected chi connectivity index (χ4v) is 1.62. The Morgan fingerprint density at radius 2 is 2.29 bits per heavy atom. The Kier molecular flexibility index (Phi) is 2.31. The number of halogens is 1. The summed E-state index contributed by atoms with van der Waals surface area (Å²) in [6.45, 7) is 0.499. The number of nitrogens with one attached hydrogen (secondary N) is 1. The Labute approximate surface area is 86.6 Å². The van der Waals surface area contributed by atoms with Crippen LogP contribution in [-0.2, 0) is 6.42 Å². The fourth-order valence-electron chi connectivity index (χ4n) is 1.42. The predicted octanol–water partition coefficient (Wildman–Crippen LogP) is 1.60. The molecule has 0 aliphatic carbocycles. The molecule has 2 rings (SSSR count). The molecule has 3 N–H and O–H groups in total. The molecule has 0 saturated heterocycles. The summed E-state index contributed by atoms with van der Waals surface area (Å²) in [5.74, 6) is 5.48. The van der Waals surface area contributed by atoms with Gasteiger partial charge in [0.15, 0.2) is 0 Å². The maximum atomic E-state index is 11.3. The van der Waals surface area contributed by atoms with Gasteiger partial charge in [0.25, 0.3) is 0 Å². The van der Waals surface area contributed by atoms with Crippen LogP contribution in [0.15, 0.2) is 18.2 Å². The molecule has 0 spiro atoms. The molecule has 5 heteroatoms. The highest BCUT2D eigenvalue weighted by molar-refractivity contribution is 6.30. The van der Waals surface area contributed by atoms with E-state index in [0.717, 1.165) is 16.3 Å². The summed E-state index contributed by atoms with van der Waals surface area (Å²) >= 11 is 5.85. The van der Waals surface area contributed by atoms with Crippen LogP contribution in [-0.4, -0.2) is 17.6 Å². The van der Waals surface area contributed by atoms with Crippen molar-refractivity contribution in [1.82, 2.24) is 5.01 Å². The number of urea groups is 1. The number of nitrogens with two attached hydrogens (primary N) is 1. The zero-order chi connectivity index (χ0) is 10.1. The Morgan fingerprint density at radius 3 is 3.07 bits per heavy atom. The molecule has 1 heterocycles. The lowest BCUT2D eigenvalue weighted by molar-refractivity contribution is 0.214. The van der Waals surface area contributed by atoms with E-state index in [2.05, 4.69) is 5.32 Å². The van der Waals surface area contributed by atoms with Crippen LogP contribution in [0.2, 0.25) is 5.02 Å². The third-order valence-corrected chi connectivity index (χ3v) is 2.43. The van der Waals surface area contributed by atoms with Crippen molar-refractivity contribution < 1.29 is 4.79 Å². The van der Waals surface area contributed by atoms with Crippen molar-refractivity contribution >= 4 is 23.3 Å². The zero-order valence-electron chi connectivity index (χ0n) is 7.46. The summed E-state index contributed by atoms with van der Waals surface area (Å²) in [4.78, 5) is 11.3. The lowest BCUT2D eigenvalue weighted by atomic mass is 10.1. The van der Waals surface area contributed by atoms with Crippen molar-refractivity contribution in [1.29, 1.82) is 0 Å². The van der Waals surface area contributed by atoms with Crippen LogP contribution >= 0.6 is 11.6 Å². The van der Waals surface area contributed by atoms with Gasteiger partial charge in [0.2, 0.25) is 0 Å². The number of rotatable bonds is 0. The maximum Gasteiger partial charge on any atom is 0.335 e. The number of nitrogens with zero attached hydrogens (tertiary/aromatic N) is 1. The predicted molar refractivity (Wildman–Crippen MR) is 55.1 cm³/mol. The second kappa shape index (κ2) is 3.48. The average Bonchev–Trinajstić information content (AvgIpc) is 2.29. The average molecular weight is 212 g/mol. The van der Waals surface area contributed by atoms with Crippen molar-refractivity contribution in [2.24, 2.45) is 5.84 Å². The van der Waals surface area contributed by atoms with Crippen LogP contribution in [0.1, 0.15) is 5.56 Å². The third kappa shape index (κ3) is 1.66. The van der Waals surface area contributed by atoms with E-state index in [1.165, 1.54) is 0 Å². The normalized spacial score (nSPS) is 15.9. The molecule has 74 valence electrons. The molecule has 1 aliphatic rings. The lowest BCUT2D eigenvalue weighted by Crippen LogP contribution is -2.40. The topological polar surface area (TPSA) is 58.4 Å². The van der Waals surface area contributed by atoms with Gasteiger partial charge < -0.3 is 5.32 Å². The first-order valence-electron chi connectivity index (χ1n) is 4.28. The highest BCUT2D eigenvalue weighted by atomic mass is 35.5. The van der Waals surface area contributed by atoms with Crippen LogP contribution in [0.3, 0.4) is 0 Å². The van der Waals surface area contributed by atoms with Gasteiger partial charge in [0.05, 0.1) is 0 Å². The van der Waals surface area contributed by atoms with Crippen molar-refractivity contribution in [3.05, 3.63) is 28.8 Å². The molecular formula is C9H10ClN3O. The first kappa shape index (κ1) is 9.30. The second-order valence-corrected chi connectivity index (χ2v) is 3.61. The summed E-state index contributed by atoms with van der Waals surface area (Å²) < 4.78 is 0. The van der Waals surface area contributed by atoms with Crippen LogP contribution < -0.4 is 11.2 Å². The number of fused-ring (bicyclic) bond motifs is 1. The van der Waals surface area contributed by atoms with Gasteiger partial charge in [-0.3, -0.25) is 5.01 Å². The molecule has 0 saturated carbocycles. The van der Waals surface area contributed by atoms with Gasteiger partial charge in [-0.1, -0.05) is 11.6 Å². The van der Waals surface area contributed by atoms with Crippen molar-refractivity contribution in [3.8, 4) is 0 Å². The van der Waals surface area contributed by atoms with Gasteiger partial charge in [-0.15, -0.1) is 0 Å². The molecule has 1 aromatic rings. The van der Waals surface area contributed by atoms with Crippen molar-refractivity contribution in [3.63, 3.8) is 0 Å². The van der Waals surface area contributed by atoms with E-state index >= 15 is 0 Å². The van der Waals surface area contributed by atoms with E-state index in [-0.39, 0.29) is 6.03 Å². The highest BCUT2D eigenvalue weighted by Gasteiger charge is 2.16. The highest BCUT2D eigenvalue weighted by Crippen LogP contribution is 2.23. The molecule has 2 amide bonds. The van der Waals surface area contributed by atoms with E-state index in [4.69, 9.17) is 17.4 Å². The van der Waals surface area contributed by atoms with E-state index < -0.39 is 0 Å². The summed E-state index contributed by atoms with van der Waals surface area (Å²) in [5.41, 5.74) is 1.80. The van der Waals surface area contributed by atoms with Crippen molar-refractivity contribution in [2.75, 3.05) is 11.9 Å². The molecule has 0 aromatic heterocycles. The van der Waals surface area contributed by atoms with Gasteiger partial charge in [0, 0.05) is 17.3 Å². The largest absolute Gasteiger partial charge is 0.335 e. The first-order valence-corrected chi connectivity index (χ1v) is 4.66. The van der Waals surface area contributed by atoms with Crippen LogP contribution in [0.25, 0.3) is 0 Å². The number of hydrazine groups is 1. The quantitative estimate of drug-likeness (QED) is 0.506. The Bertz CT molecular complexity index is 380. The lowest BCUT2D eigenvalue weighted by Gasteiger charge is -2.11. The van der Waals surface area contributed by atoms with Crippen LogP contribution in [0.4, 0.5) is 10.5 Å². The molecule has 14 heavy (non-hydrogen) atoms. The Morgan fingerprint density at radius 1 is 1.50 bits per heavy atom. The molecule has 0 radical (unpaired) electrons. The van der Waals surface area contributed by atoms with Crippen LogP contribution in [0.5, 0.6) is 0 Å². The summed E-state index contributed by atoms with van der Waals surface area (Å²) in [6.07, 6.45) is 0.713. The van der Waals surface area contributed by atoms with E-state index in [0.29, 0.717) is 18.0 Å². The van der Waals surface area contributed by atoms with E-state index in [1.807, 2.05) is 6.07 Å². The van der Waals surface area contributed by atoms with E-state index in [1.54, 1.807) is 12.1 Å². The van der Waals surface area contributed by atoms with E-state index in [9.17, 15) is 4.79 Å². The summed E-state index contributed by atoms with van der Waals surface area (Å²) in [6, 6.07) is 5.09. The van der Waals surface area contributed by atoms with Crippen molar-refractivity contribution in [2.45, 2.75) is 6.42 Å². The molecule has 4 nitrogen and oxygen atoms in total. The second-order valence-electron chi connectivity index (χ2n) is 3.18. The third-order valence-electron chi connectivity index (χ3n) is 2.19. The fraction of sp³-hybridized carbons (Fsp3) is 0.222. The SMILES string of the molecule is NN1CCc2cc(Cl)ccc2NC1=O. The summed E-state index contributed by atoms with van der Waals surface area (Å²) in [5, 5.41) is 4.53. The monoisotopic (exact) mass is 211 g/mol. The maximum absolute atomic E-state index is 11.3. The molecule has 1 aromatic carbocycles. The standard InChI is InChI=1S/C9H10ClN3O/c10-7-1-2-8-6(5-7)3-4-13(11)9(14)12-8/h1-2,5H,3-4,11H2,(H,12,14). The first-order chi connectivity index (χ1) is 6.66. The minimum atomic E-state index is -0.286. The van der Waals surface area contributed by atoms with Gasteiger partial charge in [-0.05, 0) is 30.2 Å². The number of benzene rings is 1. The number of carbonyl (C=O) groups excluding carboxylic acids is 1. The number of carbonyl (C=O) groups is 1. The number of amides is 2. The smallest absolute Gasteiger partial charge is 0.306 e. The molecular weight excluding hydrogens is 202 g/mol. The number of hydrogen-bond acceptors (Lipinski definition) is 2. The van der Waals surface area contributed by atoms with Gasteiger partial charge in [-0.2, -0.15) is 0 Å². The molecule has 1 aliphatic heterocycles. The van der Waals surface area contributed by atoms with Gasteiger partial charge in [0.1, 0.15) is 0 Å². The minimum absolute atomic E-state index is 0.286. The van der Waals surface area contributed by atoms with Crippen LogP contribution in [0, 0.1) is 0 Å².